The van der Waals surface area contributed by atoms with Crippen molar-refractivity contribution in [3.63, 3.8) is 0 Å². The number of carboxylic acids is 1. The van der Waals surface area contributed by atoms with E-state index in [-0.39, 0.29) is 12.3 Å². The topological polar surface area (TPSA) is 66.4 Å². The van der Waals surface area contributed by atoms with Crippen LogP contribution in [0.1, 0.15) is 29.6 Å². The van der Waals surface area contributed by atoms with E-state index in [1.54, 1.807) is 0 Å². The smallest absolute Gasteiger partial charge is 0.303 e. The Labute approximate surface area is 152 Å². The fraction of sp³-hybridized carbons (Fsp3) is 0.333. The van der Waals surface area contributed by atoms with Gasteiger partial charge in [-0.15, -0.1) is 0 Å². The molecule has 104 valence electrons. The molecule has 0 bridgehead atoms. The molecule has 7 heteroatoms. The molecule has 0 saturated carbocycles. The number of benzene rings is 1. The molecule has 0 atom stereocenters. The molecule has 19 heavy (non-hydrogen) atoms. The second-order valence-electron chi connectivity index (χ2n) is 3.86. The molecular formula is C12H12I3NO3. The van der Waals surface area contributed by atoms with Crippen LogP contribution >= 0.6 is 67.8 Å². The molecule has 0 spiro atoms. The van der Waals surface area contributed by atoms with Crippen molar-refractivity contribution in [3.8, 4) is 0 Å². The Bertz CT molecular complexity index is 491. The number of rotatable bonds is 6. The van der Waals surface area contributed by atoms with Gasteiger partial charge in [0, 0.05) is 23.7 Å². The minimum atomic E-state index is -0.798. The number of aliphatic carboxylic acids is 1. The van der Waals surface area contributed by atoms with E-state index in [4.69, 9.17) is 5.11 Å². The van der Waals surface area contributed by atoms with Crippen molar-refractivity contribution in [2.45, 2.75) is 19.3 Å². The second kappa shape index (κ2) is 8.60. The molecule has 0 fully saturated rings. The normalized spacial score (nSPS) is 10.3. The number of carbonyl (C=O) groups is 2. The Kier molecular flexibility index (Phi) is 7.87. The van der Waals surface area contributed by atoms with Crippen LogP contribution < -0.4 is 5.32 Å². The van der Waals surface area contributed by atoms with Crippen LogP contribution in [-0.2, 0) is 4.79 Å². The lowest BCUT2D eigenvalue weighted by atomic mass is 10.2. The van der Waals surface area contributed by atoms with Gasteiger partial charge in [-0.05, 0) is 92.7 Å². The molecule has 4 nitrogen and oxygen atoms in total. The average molecular weight is 599 g/mol. The molecular weight excluding hydrogens is 587 g/mol. The van der Waals surface area contributed by atoms with E-state index >= 15 is 0 Å². The number of carbonyl (C=O) groups excluding carboxylic acids is 1. The number of unbranched alkanes of at least 4 members (excludes halogenated alkanes) is 1. The summed E-state index contributed by atoms with van der Waals surface area (Å²) in [6.07, 6.45) is 1.40. The standard InChI is InChI=1S/C12H12I3NO3/c13-7-5-8(11(15)9(14)6-7)12(19)16-4-2-1-3-10(17)18/h5-6H,1-4H2,(H,16,19)(H,17,18). The minimum Gasteiger partial charge on any atom is -0.481 e. The summed E-state index contributed by atoms with van der Waals surface area (Å²) < 4.78 is 3.03. The molecule has 0 unspecified atom stereocenters. The number of amides is 1. The highest BCUT2D eigenvalue weighted by Crippen LogP contribution is 2.22. The van der Waals surface area contributed by atoms with Gasteiger partial charge in [-0.3, -0.25) is 9.59 Å². The van der Waals surface area contributed by atoms with Crippen LogP contribution in [0.3, 0.4) is 0 Å². The summed E-state index contributed by atoms with van der Waals surface area (Å²) in [7, 11) is 0. The van der Waals surface area contributed by atoms with Gasteiger partial charge in [0.05, 0.1) is 5.56 Å². The van der Waals surface area contributed by atoms with Crippen molar-refractivity contribution in [3.05, 3.63) is 28.4 Å². The van der Waals surface area contributed by atoms with Crippen LogP contribution in [0.4, 0.5) is 0 Å². The van der Waals surface area contributed by atoms with Crippen LogP contribution in [0.2, 0.25) is 0 Å². The lowest BCUT2D eigenvalue weighted by Gasteiger charge is -2.08. The van der Waals surface area contributed by atoms with E-state index in [9.17, 15) is 9.59 Å². The maximum absolute atomic E-state index is 12.0. The zero-order valence-corrected chi connectivity index (χ0v) is 16.4. The largest absolute Gasteiger partial charge is 0.481 e. The Balaban J connectivity index is 2.52. The summed E-state index contributed by atoms with van der Waals surface area (Å²) in [5.74, 6) is -0.899. The molecule has 0 heterocycles. The molecule has 0 aliphatic rings. The third-order valence-electron chi connectivity index (χ3n) is 2.34. The van der Waals surface area contributed by atoms with E-state index < -0.39 is 5.97 Å². The summed E-state index contributed by atoms with van der Waals surface area (Å²) in [5, 5.41) is 11.3. The van der Waals surface area contributed by atoms with Gasteiger partial charge in [-0.1, -0.05) is 0 Å². The minimum absolute atomic E-state index is 0.101. The summed E-state index contributed by atoms with van der Waals surface area (Å²) >= 11 is 6.56. The second-order valence-corrected chi connectivity index (χ2v) is 7.34. The van der Waals surface area contributed by atoms with Gasteiger partial charge in [0.15, 0.2) is 0 Å². The summed E-state index contributed by atoms with van der Waals surface area (Å²) in [5.41, 5.74) is 0.676. The summed E-state index contributed by atoms with van der Waals surface area (Å²) in [4.78, 5) is 22.4. The van der Waals surface area contributed by atoms with Gasteiger partial charge in [-0.25, -0.2) is 0 Å². The molecule has 0 saturated heterocycles. The Morgan fingerprint density at radius 1 is 1.16 bits per heavy atom. The Morgan fingerprint density at radius 2 is 1.84 bits per heavy atom. The maximum atomic E-state index is 12.0. The van der Waals surface area contributed by atoms with Crippen molar-refractivity contribution < 1.29 is 14.7 Å². The monoisotopic (exact) mass is 599 g/mol. The van der Waals surface area contributed by atoms with Crippen molar-refractivity contribution in [2.24, 2.45) is 0 Å². The Morgan fingerprint density at radius 3 is 2.47 bits per heavy atom. The van der Waals surface area contributed by atoms with Crippen LogP contribution in [-0.4, -0.2) is 23.5 Å². The fourth-order valence-corrected chi connectivity index (χ4v) is 3.82. The first-order valence-corrected chi connectivity index (χ1v) is 8.80. The molecule has 2 N–H and O–H groups in total. The van der Waals surface area contributed by atoms with Gasteiger partial charge in [0.25, 0.3) is 5.91 Å². The molecule has 1 rings (SSSR count). The molecule has 1 aromatic rings. The molecule has 0 radical (unpaired) electrons. The molecule has 1 amide bonds. The lowest BCUT2D eigenvalue weighted by Crippen LogP contribution is -2.25. The van der Waals surface area contributed by atoms with E-state index in [1.807, 2.05) is 12.1 Å². The van der Waals surface area contributed by atoms with Crippen LogP contribution in [0.5, 0.6) is 0 Å². The fourth-order valence-electron chi connectivity index (χ4n) is 1.42. The molecule has 0 aliphatic carbocycles. The van der Waals surface area contributed by atoms with Crippen molar-refractivity contribution in [1.82, 2.24) is 5.32 Å². The predicted molar refractivity (Wildman–Crippen MR) is 98.4 cm³/mol. The maximum Gasteiger partial charge on any atom is 0.303 e. The summed E-state index contributed by atoms with van der Waals surface area (Å²) in [6, 6.07) is 3.88. The number of halogens is 3. The first kappa shape index (κ1) is 17.4. The number of nitrogens with one attached hydrogen (secondary N) is 1. The predicted octanol–water partition coefficient (Wildman–Crippen LogP) is 3.49. The highest BCUT2D eigenvalue weighted by atomic mass is 127. The first-order chi connectivity index (χ1) is 8.91. The summed E-state index contributed by atoms with van der Waals surface area (Å²) in [6.45, 7) is 0.504. The van der Waals surface area contributed by atoms with Gasteiger partial charge in [0.1, 0.15) is 0 Å². The Hall–Kier alpha value is 0.350. The first-order valence-electron chi connectivity index (χ1n) is 5.56. The lowest BCUT2D eigenvalue weighted by molar-refractivity contribution is -0.137. The van der Waals surface area contributed by atoms with Gasteiger partial charge in [0.2, 0.25) is 0 Å². The van der Waals surface area contributed by atoms with Gasteiger partial charge >= 0.3 is 5.97 Å². The van der Waals surface area contributed by atoms with E-state index in [0.717, 1.165) is 10.7 Å². The number of carboxylic acid groups (broad SMARTS) is 1. The number of hydrogen-bond acceptors (Lipinski definition) is 2. The van der Waals surface area contributed by atoms with Gasteiger partial charge < -0.3 is 10.4 Å². The van der Waals surface area contributed by atoms with Crippen molar-refractivity contribution in [2.75, 3.05) is 6.54 Å². The highest BCUT2D eigenvalue weighted by Gasteiger charge is 2.13. The quantitative estimate of drug-likeness (QED) is 0.300. The van der Waals surface area contributed by atoms with Crippen LogP contribution in [0.25, 0.3) is 0 Å². The third kappa shape index (κ3) is 6.10. The van der Waals surface area contributed by atoms with Crippen molar-refractivity contribution >= 4 is 79.6 Å². The van der Waals surface area contributed by atoms with E-state index in [0.29, 0.717) is 24.9 Å². The average Bonchev–Trinajstić information content (AvgIpc) is 2.32. The molecule has 0 aromatic heterocycles. The zero-order valence-electron chi connectivity index (χ0n) is 9.88. The number of hydrogen-bond donors (Lipinski definition) is 2. The zero-order chi connectivity index (χ0) is 14.4. The van der Waals surface area contributed by atoms with Crippen molar-refractivity contribution in [1.29, 1.82) is 0 Å². The molecule has 1 aromatic carbocycles. The van der Waals surface area contributed by atoms with E-state index in [2.05, 4.69) is 73.1 Å². The third-order valence-corrected chi connectivity index (χ3v) is 6.01. The van der Waals surface area contributed by atoms with E-state index in [1.165, 1.54) is 0 Å². The van der Waals surface area contributed by atoms with Gasteiger partial charge in [-0.2, -0.15) is 0 Å². The SMILES string of the molecule is O=C(O)CCCCNC(=O)c1cc(I)cc(I)c1I. The van der Waals surface area contributed by atoms with Crippen LogP contribution in [0, 0.1) is 10.7 Å². The molecule has 0 aliphatic heterocycles. The highest BCUT2D eigenvalue weighted by molar-refractivity contribution is 14.1. The van der Waals surface area contributed by atoms with Crippen LogP contribution in [0.15, 0.2) is 12.1 Å².